The SMILES string of the molecule is Cc1noc(CN2CCC(Cc3ccccc3)CC2)n1. The van der Waals surface area contributed by atoms with Gasteiger partial charge in [0.1, 0.15) is 0 Å². The fourth-order valence-corrected chi connectivity index (χ4v) is 2.89. The number of rotatable bonds is 4. The molecule has 0 spiro atoms. The van der Waals surface area contributed by atoms with E-state index in [-0.39, 0.29) is 0 Å². The molecule has 4 heteroatoms. The Hall–Kier alpha value is -1.68. The number of aromatic nitrogens is 2. The van der Waals surface area contributed by atoms with Crippen LogP contribution in [0.1, 0.15) is 30.1 Å². The van der Waals surface area contributed by atoms with Crippen molar-refractivity contribution in [2.45, 2.75) is 32.7 Å². The number of likely N-dealkylation sites (tertiary alicyclic amines) is 1. The van der Waals surface area contributed by atoms with Crippen molar-refractivity contribution >= 4 is 0 Å². The lowest BCUT2D eigenvalue weighted by Crippen LogP contribution is -2.33. The number of hydrogen-bond donors (Lipinski definition) is 0. The fraction of sp³-hybridized carbons (Fsp3) is 0.500. The molecule has 0 aliphatic carbocycles. The third-order valence-electron chi connectivity index (χ3n) is 4.00. The van der Waals surface area contributed by atoms with Crippen molar-refractivity contribution < 1.29 is 4.52 Å². The monoisotopic (exact) mass is 271 g/mol. The van der Waals surface area contributed by atoms with E-state index in [2.05, 4.69) is 45.4 Å². The molecule has 1 fully saturated rings. The third kappa shape index (κ3) is 3.45. The molecule has 0 bridgehead atoms. The molecular weight excluding hydrogens is 250 g/mol. The Kier molecular flexibility index (Phi) is 4.11. The van der Waals surface area contributed by atoms with Gasteiger partial charge in [0.2, 0.25) is 5.89 Å². The molecule has 0 atom stereocenters. The number of hydrogen-bond acceptors (Lipinski definition) is 4. The molecule has 3 rings (SSSR count). The summed E-state index contributed by atoms with van der Waals surface area (Å²) < 4.78 is 5.19. The maximum absolute atomic E-state index is 5.19. The maximum Gasteiger partial charge on any atom is 0.240 e. The van der Waals surface area contributed by atoms with Crippen LogP contribution in [-0.2, 0) is 13.0 Å². The highest BCUT2D eigenvalue weighted by atomic mass is 16.5. The summed E-state index contributed by atoms with van der Waals surface area (Å²) in [5, 5.41) is 3.84. The van der Waals surface area contributed by atoms with Crippen molar-refractivity contribution in [1.82, 2.24) is 15.0 Å². The van der Waals surface area contributed by atoms with Gasteiger partial charge in [0.05, 0.1) is 6.54 Å². The topological polar surface area (TPSA) is 42.2 Å². The Morgan fingerprint density at radius 1 is 1.20 bits per heavy atom. The Bertz CT molecular complexity index is 530. The minimum absolute atomic E-state index is 0.721. The van der Waals surface area contributed by atoms with Crippen LogP contribution in [0.4, 0.5) is 0 Å². The van der Waals surface area contributed by atoms with Crippen LogP contribution in [0, 0.1) is 12.8 Å². The molecule has 2 heterocycles. The van der Waals surface area contributed by atoms with Crippen LogP contribution in [0.2, 0.25) is 0 Å². The molecular formula is C16H21N3O. The number of benzene rings is 1. The molecule has 1 saturated heterocycles. The molecule has 1 aromatic carbocycles. The van der Waals surface area contributed by atoms with Gasteiger partial charge in [0.25, 0.3) is 0 Å². The van der Waals surface area contributed by atoms with Gasteiger partial charge in [0, 0.05) is 0 Å². The van der Waals surface area contributed by atoms with Gasteiger partial charge >= 0.3 is 0 Å². The molecule has 1 aromatic heterocycles. The normalized spacial score (nSPS) is 17.4. The lowest BCUT2D eigenvalue weighted by Gasteiger charge is -2.31. The van der Waals surface area contributed by atoms with Crippen molar-refractivity contribution in [1.29, 1.82) is 0 Å². The Morgan fingerprint density at radius 2 is 1.95 bits per heavy atom. The molecule has 0 saturated carbocycles. The largest absolute Gasteiger partial charge is 0.338 e. The van der Waals surface area contributed by atoms with Crippen molar-refractivity contribution in [2.75, 3.05) is 13.1 Å². The molecule has 2 aromatic rings. The first-order valence-corrected chi connectivity index (χ1v) is 7.35. The number of aryl methyl sites for hydroxylation is 1. The van der Waals surface area contributed by atoms with Gasteiger partial charge in [0.15, 0.2) is 5.82 Å². The van der Waals surface area contributed by atoms with Crippen molar-refractivity contribution in [3.63, 3.8) is 0 Å². The summed E-state index contributed by atoms with van der Waals surface area (Å²) in [4.78, 5) is 6.68. The lowest BCUT2D eigenvalue weighted by molar-refractivity contribution is 0.159. The van der Waals surface area contributed by atoms with Gasteiger partial charge in [-0.15, -0.1) is 0 Å². The van der Waals surface area contributed by atoms with E-state index in [1.807, 2.05) is 6.92 Å². The van der Waals surface area contributed by atoms with Crippen molar-refractivity contribution in [3.05, 3.63) is 47.6 Å². The Morgan fingerprint density at radius 3 is 2.60 bits per heavy atom. The minimum atomic E-state index is 0.721. The first kappa shape index (κ1) is 13.3. The second-order valence-corrected chi connectivity index (χ2v) is 5.64. The van der Waals surface area contributed by atoms with Crippen LogP contribution in [0.5, 0.6) is 0 Å². The van der Waals surface area contributed by atoms with Gasteiger partial charge < -0.3 is 4.52 Å². The van der Waals surface area contributed by atoms with Crippen LogP contribution < -0.4 is 0 Å². The highest BCUT2D eigenvalue weighted by Gasteiger charge is 2.20. The van der Waals surface area contributed by atoms with Gasteiger partial charge in [-0.2, -0.15) is 4.98 Å². The molecule has 106 valence electrons. The van der Waals surface area contributed by atoms with Crippen LogP contribution in [-0.4, -0.2) is 28.1 Å². The van der Waals surface area contributed by atoms with Gasteiger partial charge in [-0.3, -0.25) is 4.90 Å². The predicted octanol–water partition coefficient (Wildman–Crippen LogP) is 2.83. The quantitative estimate of drug-likeness (QED) is 0.857. The van der Waals surface area contributed by atoms with E-state index in [9.17, 15) is 0 Å². The molecule has 0 unspecified atom stereocenters. The summed E-state index contributed by atoms with van der Waals surface area (Å²) >= 11 is 0. The van der Waals surface area contributed by atoms with Crippen LogP contribution >= 0.6 is 0 Å². The van der Waals surface area contributed by atoms with Crippen LogP contribution in [0.25, 0.3) is 0 Å². The average Bonchev–Trinajstić information content (AvgIpc) is 2.88. The highest BCUT2D eigenvalue weighted by Crippen LogP contribution is 2.22. The molecule has 1 aliphatic heterocycles. The summed E-state index contributed by atoms with van der Waals surface area (Å²) in [7, 11) is 0. The number of piperidine rings is 1. The van der Waals surface area contributed by atoms with E-state index in [0.29, 0.717) is 0 Å². The molecule has 1 aliphatic rings. The summed E-state index contributed by atoms with van der Waals surface area (Å²) in [6, 6.07) is 10.8. The van der Waals surface area contributed by atoms with E-state index in [4.69, 9.17) is 4.52 Å². The first-order chi connectivity index (χ1) is 9.79. The van der Waals surface area contributed by atoms with E-state index in [0.717, 1.165) is 37.3 Å². The maximum atomic E-state index is 5.19. The zero-order chi connectivity index (χ0) is 13.8. The standard InChI is InChI=1S/C16H21N3O/c1-13-17-16(20-18-13)12-19-9-7-15(8-10-19)11-14-5-3-2-4-6-14/h2-6,15H,7-12H2,1H3. The number of nitrogens with zero attached hydrogens (tertiary/aromatic N) is 3. The summed E-state index contributed by atoms with van der Waals surface area (Å²) in [6.07, 6.45) is 3.71. The molecule has 0 amide bonds. The van der Waals surface area contributed by atoms with Crippen molar-refractivity contribution in [2.24, 2.45) is 5.92 Å². The molecule has 4 nitrogen and oxygen atoms in total. The minimum Gasteiger partial charge on any atom is -0.338 e. The van der Waals surface area contributed by atoms with Gasteiger partial charge in [-0.1, -0.05) is 35.5 Å². The third-order valence-corrected chi connectivity index (χ3v) is 4.00. The van der Waals surface area contributed by atoms with Gasteiger partial charge in [-0.05, 0) is 50.8 Å². The molecule has 0 N–H and O–H groups in total. The lowest BCUT2D eigenvalue weighted by atomic mass is 9.90. The van der Waals surface area contributed by atoms with E-state index in [1.165, 1.54) is 24.8 Å². The second-order valence-electron chi connectivity index (χ2n) is 5.64. The Labute approximate surface area is 119 Å². The first-order valence-electron chi connectivity index (χ1n) is 7.35. The van der Waals surface area contributed by atoms with Gasteiger partial charge in [-0.25, -0.2) is 0 Å². The summed E-state index contributed by atoms with van der Waals surface area (Å²) in [6.45, 7) is 4.90. The zero-order valence-corrected chi connectivity index (χ0v) is 12.0. The second kappa shape index (κ2) is 6.18. The van der Waals surface area contributed by atoms with E-state index < -0.39 is 0 Å². The Balaban J connectivity index is 1.47. The fourth-order valence-electron chi connectivity index (χ4n) is 2.89. The van der Waals surface area contributed by atoms with Crippen LogP contribution in [0.3, 0.4) is 0 Å². The molecule has 20 heavy (non-hydrogen) atoms. The predicted molar refractivity (Wildman–Crippen MR) is 77.2 cm³/mol. The smallest absolute Gasteiger partial charge is 0.240 e. The average molecular weight is 271 g/mol. The van der Waals surface area contributed by atoms with Crippen LogP contribution in [0.15, 0.2) is 34.9 Å². The highest BCUT2D eigenvalue weighted by molar-refractivity contribution is 5.15. The van der Waals surface area contributed by atoms with E-state index >= 15 is 0 Å². The van der Waals surface area contributed by atoms with E-state index in [1.54, 1.807) is 0 Å². The summed E-state index contributed by atoms with van der Waals surface area (Å²) in [5.74, 6) is 2.26. The summed E-state index contributed by atoms with van der Waals surface area (Å²) in [5.41, 5.74) is 1.46. The van der Waals surface area contributed by atoms with Crippen molar-refractivity contribution in [3.8, 4) is 0 Å². The molecule has 0 radical (unpaired) electrons. The zero-order valence-electron chi connectivity index (χ0n) is 12.0.